The molecule has 0 unspecified atom stereocenters. The lowest BCUT2D eigenvalue weighted by Crippen LogP contribution is -2.41. The van der Waals surface area contributed by atoms with Gasteiger partial charge >= 0.3 is 5.97 Å². The third kappa shape index (κ3) is 4.06. The van der Waals surface area contributed by atoms with Crippen LogP contribution in [0.5, 0.6) is 0 Å². The maximum absolute atomic E-state index is 12.8. The van der Waals surface area contributed by atoms with E-state index in [-0.39, 0.29) is 17.9 Å². The van der Waals surface area contributed by atoms with Crippen LogP contribution in [0.4, 0.5) is 0 Å². The minimum atomic E-state index is -0.433. The van der Waals surface area contributed by atoms with Gasteiger partial charge in [-0.05, 0) is 26.7 Å². The molecule has 0 N–H and O–H groups in total. The van der Waals surface area contributed by atoms with E-state index in [9.17, 15) is 9.59 Å². The van der Waals surface area contributed by atoms with E-state index in [0.717, 1.165) is 30.7 Å². The van der Waals surface area contributed by atoms with Crippen LogP contribution in [0.15, 0.2) is 5.38 Å². The van der Waals surface area contributed by atoms with Crippen molar-refractivity contribution >= 4 is 23.2 Å². The first kappa shape index (κ1) is 16.9. The highest BCUT2D eigenvalue weighted by Gasteiger charge is 2.28. The molecule has 6 heteroatoms. The summed E-state index contributed by atoms with van der Waals surface area (Å²) in [5, 5.41) is 2.46. The number of nitrogens with zero attached hydrogens (tertiary/aromatic N) is 2. The largest absolute Gasteiger partial charge is 0.464 e. The minimum Gasteiger partial charge on any atom is -0.464 e. The van der Waals surface area contributed by atoms with Crippen LogP contribution >= 0.6 is 11.3 Å². The summed E-state index contributed by atoms with van der Waals surface area (Å²) >= 11 is 1.40. The van der Waals surface area contributed by atoms with Gasteiger partial charge in [0.2, 0.25) is 5.91 Å². The van der Waals surface area contributed by atoms with Gasteiger partial charge in [0.15, 0.2) is 5.69 Å². The van der Waals surface area contributed by atoms with Crippen LogP contribution in [0, 0.1) is 5.92 Å². The summed E-state index contributed by atoms with van der Waals surface area (Å²) in [6.07, 6.45) is 5.51. The van der Waals surface area contributed by atoms with E-state index in [1.807, 2.05) is 18.7 Å². The molecule has 0 aliphatic heterocycles. The Morgan fingerprint density at radius 3 is 2.64 bits per heavy atom. The molecule has 0 atom stereocenters. The number of thiazole rings is 1. The molecular formula is C16H24N2O3S. The zero-order chi connectivity index (χ0) is 16.1. The van der Waals surface area contributed by atoms with E-state index in [1.165, 1.54) is 24.9 Å². The lowest BCUT2D eigenvalue weighted by molar-refractivity contribution is -0.139. The molecule has 1 heterocycles. The van der Waals surface area contributed by atoms with E-state index < -0.39 is 5.97 Å². The second kappa shape index (κ2) is 7.72. The molecule has 1 fully saturated rings. The summed E-state index contributed by atoms with van der Waals surface area (Å²) in [4.78, 5) is 30.4. The lowest BCUT2D eigenvalue weighted by Gasteiger charge is -2.31. The number of hydrogen-bond donors (Lipinski definition) is 0. The average Bonchev–Trinajstić information content (AvgIpc) is 3.00. The molecule has 1 saturated carbocycles. The van der Waals surface area contributed by atoms with Gasteiger partial charge in [0.25, 0.3) is 0 Å². The van der Waals surface area contributed by atoms with Crippen molar-refractivity contribution in [3.63, 3.8) is 0 Å². The summed E-state index contributed by atoms with van der Waals surface area (Å²) in [7, 11) is 1.34. The maximum Gasteiger partial charge on any atom is 0.357 e. The van der Waals surface area contributed by atoms with E-state index in [0.29, 0.717) is 12.2 Å². The number of methoxy groups -OCH3 is 1. The standard InChI is InChI=1S/C16H24N2O3S/c1-11(2)18(15(19)12-7-5-4-6-8-12)9-14-17-13(10-22-14)16(20)21-3/h10-12H,4-9H2,1-3H3. The summed E-state index contributed by atoms with van der Waals surface area (Å²) in [6, 6.07) is 0.125. The summed E-state index contributed by atoms with van der Waals surface area (Å²) in [5.74, 6) is -0.0575. The molecule has 0 bridgehead atoms. The Labute approximate surface area is 135 Å². The van der Waals surface area contributed by atoms with Crippen molar-refractivity contribution in [2.45, 2.75) is 58.5 Å². The first-order chi connectivity index (χ1) is 10.5. The van der Waals surface area contributed by atoms with Gasteiger partial charge in [-0.15, -0.1) is 11.3 Å². The van der Waals surface area contributed by atoms with Crippen LogP contribution in [0.25, 0.3) is 0 Å². The highest BCUT2D eigenvalue weighted by atomic mass is 32.1. The molecule has 1 aromatic heterocycles. The molecule has 0 saturated heterocycles. The molecule has 1 aliphatic carbocycles. The van der Waals surface area contributed by atoms with Crippen LogP contribution in [0.3, 0.4) is 0 Å². The van der Waals surface area contributed by atoms with Crippen LogP contribution in [-0.2, 0) is 16.1 Å². The minimum absolute atomic E-state index is 0.125. The predicted octanol–water partition coefficient (Wildman–Crippen LogP) is 3.25. The zero-order valence-electron chi connectivity index (χ0n) is 13.5. The van der Waals surface area contributed by atoms with Crippen molar-refractivity contribution < 1.29 is 14.3 Å². The second-order valence-corrected chi connectivity index (χ2v) is 6.96. The number of rotatable bonds is 5. The zero-order valence-corrected chi connectivity index (χ0v) is 14.3. The molecule has 1 aliphatic rings. The van der Waals surface area contributed by atoms with E-state index in [4.69, 9.17) is 0 Å². The van der Waals surface area contributed by atoms with Crippen molar-refractivity contribution in [1.82, 2.24) is 9.88 Å². The van der Waals surface area contributed by atoms with Crippen LogP contribution in [-0.4, -0.2) is 34.9 Å². The SMILES string of the molecule is COC(=O)c1csc(CN(C(=O)C2CCCCC2)C(C)C)n1. The number of hydrogen-bond acceptors (Lipinski definition) is 5. The fourth-order valence-electron chi connectivity index (χ4n) is 2.83. The fourth-order valence-corrected chi connectivity index (χ4v) is 3.59. The molecular weight excluding hydrogens is 300 g/mol. The van der Waals surface area contributed by atoms with Crippen LogP contribution in [0.1, 0.15) is 61.4 Å². The van der Waals surface area contributed by atoms with Gasteiger partial charge in [-0.25, -0.2) is 9.78 Å². The number of amides is 1. The fraction of sp³-hybridized carbons (Fsp3) is 0.688. The number of carbonyl (C=O) groups is 2. The van der Waals surface area contributed by atoms with Gasteiger partial charge in [0.1, 0.15) is 5.01 Å². The van der Waals surface area contributed by atoms with Crippen molar-refractivity contribution in [2.75, 3.05) is 7.11 Å². The van der Waals surface area contributed by atoms with Gasteiger partial charge in [-0.1, -0.05) is 19.3 Å². The first-order valence-electron chi connectivity index (χ1n) is 7.86. The highest BCUT2D eigenvalue weighted by Crippen LogP contribution is 2.27. The molecule has 0 aromatic carbocycles. The van der Waals surface area contributed by atoms with Crippen molar-refractivity contribution in [3.8, 4) is 0 Å². The van der Waals surface area contributed by atoms with E-state index in [1.54, 1.807) is 5.38 Å². The highest BCUT2D eigenvalue weighted by molar-refractivity contribution is 7.09. The van der Waals surface area contributed by atoms with Crippen LogP contribution in [0.2, 0.25) is 0 Å². The quantitative estimate of drug-likeness (QED) is 0.780. The Kier molecular flexibility index (Phi) is 5.94. The van der Waals surface area contributed by atoms with E-state index >= 15 is 0 Å². The van der Waals surface area contributed by atoms with Gasteiger partial charge in [-0.2, -0.15) is 0 Å². The normalized spacial score (nSPS) is 15.8. The molecule has 122 valence electrons. The maximum atomic E-state index is 12.8. The van der Waals surface area contributed by atoms with Crippen molar-refractivity contribution in [2.24, 2.45) is 5.92 Å². The summed E-state index contributed by atoms with van der Waals surface area (Å²) < 4.78 is 4.67. The monoisotopic (exact) mass is 324 g/mol. The molecule has 5 nitrogen and oxygen atoms in total. The van der Waals surface area contributed by atoms with Gasteiger partial charge in [-0.3, -0.25) is 4.79 Å². The Balaban J connectivity index is 2.06. The predicted molar refractivity (Wildman–Crippen MR) is 85.7 cm³/mol. The molecule has 22 heavy (non-hydrogen) atoms. The number of esters is 1. The number of ether oxygens (including phenoxy) is 1. The van der Waals surface area contributed by atoms with E-state index in [2.05, 4.69) is 9.72 Å². The second-order valence-electron chi connectivity index (χ2n) is 6.01. The van der Waals surface area contributed by atoms with Crippen molar-refractivity contribution in [3.05, 3.63) is 16.1 Å². The molecule has 0 spiro atoms. The first-order valence-corrected chi connectivity index (χ1v) is 8.74. The third-order valence-electron chi connectivity index (χ3n) is 4.11. The Bertz CT molecular complexity index is 521. The van der Waals surface area contributed by atoms with Crippen molar-refractivity contribution in [1.29, 1.82) is 0 Å². The number of carbonyl (C=O) groups excluding carboxylic acids is 2. The Morgan fingerprint density at radius 1 is 1.36 bits per heavy atom. The number of aromatic nitrogens is 1. The Morgan fingerprint density at radius 2 is 2.05 bits per heavy atom. The van der Waals surface area contributed by atoms with Gasteiger partial charge in [0, 0.05) is 17.3 Å². The summed E-state index contributed by atoms with van der Waals surface area (Å²) in [5.41, 5.74) is 0.316. The summed E-state index contributed by atoms with van der Waals surface area (Å²) in [6.45, 7) is 4.51. The lowest BCUT2D eigenvalue weighted by atomic mass is 9.88. The van der Waals surface area contributed by atoms with Gasteiger partial charge < -0.3 is 9.64 Å². The molecule has 1 amide bonds. The van der Waals surface area contributed by atoms with Crippen LogP contribution < -0.4 is 0 Å². The molecule has 1 aromatic rings. The third-order valence-corrected chi connectivity index (χ3v) is 4.95. The van der Waals surface area contributed by atoms with Gasteiger partial charge in [0.05, 0.1) is 13.7 Å². The average molecular weight is 324 g/mol. The Hall–Kier alpha value is -1.43. The smallest absolute Gasteiger partial charge is 0.357 e. The molecule has 2 rings (SSSR count). The molecule has 0 radical (unpaired) electrons. The topological polar surface area (TPSA) is 59.5 Å².